The fourth-order valence-corrected chi connectivity index (χ4v) is 2.87. The summed E-state index contributed by atoms with van der Waals surface area (Å²) in [5.41, 5.74) is 2.72. The lowest BCUT2D eigenvalue weighted by atomic mass is 9.96. The molecule has 1 aromatic carbocycles. The molecule has 0 bridgehead atoms. The van der Waals surface area contributed by atoms with E-state index in [0.29, 0.717) is 12.3 Å². The van der Waals surface area contributed by atoms with Crippen LogP contribution in [-0.4, -0.2) is 30.4 Å². The number of carbonyl (C=O) groups excluding carboxylic acids is 1. The maximum absolute atomic E-state index is 11.5. The summed E-state index contributed by atoms with van der Waals surface area (Å²) in [7, 11) is 0. The van der Waals surface area contributed by atoms with E-state index in [-0.39, 0.29) is 5.91 Å². The minimum absolute atomic E-state index is 0.208. The first kappa shape index (κ1) is 16.0. The SMILES string of the molecule is CCCC(=O)NCC1CCN(Cc2ccc(C)cc2)CC1. The van der Waals surface area contributed by atoms with Gasteiger partial charge in [-0.25, -0.2) is 0 Å². The molecule has 1 aromatic rings. The van der Waals surface area contributed by atoms with Crippen LogP contribution in [-0.2, 0) is 11.3 Å². The molecule has 0 spiro atoms. The van der Waals surface area contributed by atoms with Crippen LogP contribution in [0.25, 0.3) is 0 Å². The Balaban J connectivity index is 1.68. The number of hydrogen-bond acceptors (Lipinski definition) is 2. The summed E-state index contributed by atoms with van der Waals surface area (Å²) < 4.78 is 0. The van der Waals surface area contributed by atoms with Crippen molar-refractivity contribution in [2.75, 3.05) is 19.6 Å². The van der Waals surface area contributed by atoms with Crippen molar-refractivity contribution < 1.29 is 4.79 Å². The van der Waals surface area contributed by atoms with Crippen molar-refractivity contribution in [1.29, 1.82) is 0 Å². The minimum atomic E-state index is 0.208. The highest BCUT2D eigenvalue weighted by atomic mass is 16.1. The van der Waals surface area contributed by atoms with Gasteiger partial charge in [-0.1, -0.05) is 36.8 Å². The first-order chi connectivity index (χ1) is 10.2. The van der Waals surface area contributed by atoms with Crippen LogP contribution in [0.2, 0.25) is 0 Å². The van der Waals surface area contributed by atoms with Crippen LogP contribution in [0.5, 0.6) is 0 Å². The van der Waals surface area contributed by atoms with E-state index in [4.69, 9.17) is 0 Å². The van der Waals surface area contributed by atoms with Crippen LogP contribution in [0, 0.1) is 12.8 Å². The van der Waals surface area contributed by atoms with Gasteiger partial charge in [0.2, 0.25) is 5.91 Å². The van der Waals surface area contributed by atoms with Gasteiger partial charge in [-0.05, 0) is 50.8 Å². The van der Waals surface area contributed by atoms with Gasteiger partial charge in [0.05, 0.1) is 0 Å². The number of rotatable bonds is 6. The number of nitrogens with one attached hydrogen (secondary N) is 1. The van der Waals surface area contributed by atoms with E-state index in [0.717, 1.165) is 32.6 Å². The molecule has 0 radical (unpaired) electrons. The molecular formula is C18H28N2O. The number of piperidine rings is 1. The summed E-state index contributed by atoms with van der Waals surface area (Å²) in [6.07, 6.45) is 3.98. The quantitative estimate of drug-likeness (QED) is 0.872. The Bertz CT molecular complexity index is 433. The Hall–Kier alpha value is -1.35. The largest absolute Gasteiger partial charge is 0.356 e. The summed E-state index contributed by atoms with van der Waals surface area (Å²) in [5.74, 6) is 0.861. The van der Waals surface area contributed by atoms with E-state index in [1.54, 1.807) is 0 Å². The van der Waals surface area contributed by atoms with Gasteiger partial charge >= 0.3 is 0 Å². The van der Waals surface area contributed by atoms with Crippen molar-refractivity contribution in [2.45, 2.75) is 46.1 Å². The zero-order valence-electron chi connectivity index (χ0n) is 13.4. The molecule has 21 heavy (non-hydrogen) atoms. The van der Waals surface area contributed by atoms with E-state index in [9.17, 15) is 4.79 Å². The fourth-order valence-electron chi connectivity index (χ4n) is 2.87. The smallest absolute Gasteiger partial charge is 0.219 e. The highest BCUT2D eigenvalue weighted by molar-refractivity contribution is 5.75. The van der Waals surface area contributed by atoms with E-state index in [1.165, 1.54) is 24.0 Å². The van der Waals surface area contributed by atoms with Gasteiger partial charge in [0.1, 0.15) is 0 Å². The molecule has 1 aliphatic heterocycles. The number of amides is 1. The van der Waals surface area contributed by atoms with Crippen LogP contribution >= 0.6 is 0 Å². The summed E-state index contributed by atoms with van der Waals surface area (Å²) in [6, 6.07) is 8.83. The predicted octanol–water partition coefficient (Wildman–Crippen LogP) is 3.12. The molecule has 0 atom stereocenters. The maximum atomic E-state index is 11.5. The second-order valence-corrected chi connectivity index (χ2v) is 6.26. The van der Waals surface area contributed by atoms with E-state index in [2.05, 4.69) is 41.4 Å². The number of likely N-dealkylation sites (tertiary alicyclic amines) is 1. The van der Waals surface area contributed by atoms with Crippen molar-refractivity contribution in [3.8, 4) is 0 Å². The van der Waals surface area contributed by atoms with E-state index >= 15 is 0 Å². The third kappa shape index (κ3) is 5.50. The van der Waals surface area contributed by atoms with Gasteiger partial charge in [-0.3, -0.25) is 9.69 Å². The summed E-state index contributed by atoms with van der Waals surface area (Å²) in [6.45, 7) is 8.36. The Kier molecular flexibility index (Phi) is 6.24. The molecule has 0 saturated carbocycles. The molecule has 1 N–H and O–H groups in total. The molecular weight excluding hydrogens is 260 g/mol. The van der Waals surface area contributed by atoms with Gasteiger partial charge in [-0.15, -0.1) is 0 Å². The normalized spacial score (nSPS) is 16.9. The minimum Gasteiger partial charge on any atom is -0.356 e. The topological polar surface area (TPSA) is 32.3 Å². The second-order valence-electron chi connectivity index (χ2n) is 6.26. The first-order valence-electron chi connectivity index (χ1n) is 8.22. The number of hydrogen-bond donors (Lipinski definition) is 1. The van der Waals surface area contributed by atoms with Crippen molar-refractivity contribution >= 4 is 5.91 Å². The lowest BCUT2D eigenvalue weighted by Gasteiger charge is -2.32. The Labute approximate surface area is 128 Å². The highest BCUT2D eigenvalue weighted by Crippen LogP contribution is 2.18. The monoisotopic (exact) mass is 288 g/mol. The Morgan fingerprint density at radius 2 is 1.90 bits per heavy atom. The lowest BCUT2D eigenvalue weighted by molar-refractivity contribution is -0.121. The van der Waals surface area contributed by atoms with Gasteiger partial charge in [-0.2, -0.15) is 0 Å². The van der Waals surface area contributed by atoms with Crippen LogP contribution in [0.4, 0.5) is 0 Å². The third-order valence-electron chi connectivity index (χ3n) is 4.30. The standard InChI is InChI=1S/C18H28N2O/c1-3-4-18(21)19-13-16-9-11-20(12-10-16)14-17-7-5-15(2)6-8-17/h5-8,16H,3-4,9-14H2,1-2H3,(H,19,21). The summed E-state index contributed by atoms with van der Waals surface area (Å²) in [5, 5.41) is 3.07. The number of aryl methyl sites for hydroxylation is 1. The molecule has 1 aliphatic rings. The number of carbonyl (C=O) groups is 1. The van der Waals surface area contributed by atoms with Crippen LogP contribution in [0.3, 0.4) is 0 Å². The third-order valence-corrected chi connectivity index (χ3v) is 4.30. The molecule has 0 aliphatic carbocycles. The average Bonchev–Trinajstić information content (AvgIpc) is 2.49. The highest BCUT2D eigenvalue weighted by Gasteiger charge is 2.19. The molecule has 0 unspecified atom stereocenters. The van der Waals surface area contributed by atoms with Crippen LogP contribution in [0.1, 0.15) is 43.7 Å². The van der Waals surface area contributed by atoms with E-state index < -0.39 is 0 Å². The van der Waals surface area contributed by atoms with E-state index in [1.807, 2.05) is 6.92 Å². The molecule has 116 valence electrons. The molecule has 0 aromatic heterocycles. The first-order valence-corrected chi connectivity index (χ1v) is 8.22. The van der Waals surface area contributed by atoms with Crippen molar-refractivity contribution in [2.24, 2.45) is 5.92 Å². The molecule has 3 heteroatoms. The van der Waals surface area contributed by atoms with Crippen LogP contribution in [0.15, 0.2) is 24.3 Å². The molecule has 1 heterocycles. The van der Waals surface area contributed by atoms with Gasteiger partial charge in [0.25, 0.3) is 0 Å². The number of nitrogens with zero attached hydrogens (tertiary/aromatic N) is 1. The zero-order valence-corrected chi connectivity index (χ0v) is 13.4. The zero-order chi connectivity index (χ0) is 15.1. The number of benzene rings is 1. The molecule has 1 amide bonds. The Morgan fingerprint density at radius 3 is 2.52 bits per heavy atom. The van der Waals surface area contributed by atoms with Gasteiger partial charge in [0.15, 0.2) is 0 Å². The van der Waals surface area contributed by atoms with Gasteiger partial charge < -0.3 is 5.32 Å². The molecule has 1 saturated heterocycles. The Morgan fingerprint density at radius 1 is 1.24 bits per heavy atom. The van der Waals surface area contributed by atoms with Gasteiger partial charge in [0, 0.05) is 19.5 Å². The van der Waals surface area contributed by atoms with Crippen molar-refractivity contribution in [1.82, 2.24) is 10.2 Å². The predicted molar refractivity (Wildman–Crippen MR) is 87.1 cm³/mol. The molecule has 3 nitrogen and oxygen atoms in total. The molecule has 1 fully saturated rings. The van der Waals surface area contributed by atoms with Crippen LogP contribution < -0.4 is 5.32 Å². The lowest BCUT2D eigenvalue weighted by Crippen LogP contribution is -2.38. The average molecular weight is 288 g/mol. The van der Waals surface area contributed by atoms with Crippen molar-refractivity contribution in [3.05, 3.63) is 35.4 Å². The second kappa shape index (κ2) is 8.18. The molecule has 2 rings (SSSR count). The maximum Gasteiger partial charge on any atom is 0.219 e. The van der Waals surface area contributed by atoms with Crippen molar-refractivity contribution in [3.63, 3.8) is 0 Å². The summed E-state index contributed by atoms with van der Waals surface area (Å²) in [4.78, 5) is 14.0. The fraction of sp³-hybridized carbons (Fsp3) is 0.611. The summed E-state index contributed by atoms with van der Waals surface area (Å²) >= 11 is 0.